The predicted molar refractivity (Wildman–Crippen MR) is 130 cm³/mol. The van der Waals surface area contributed by atoms with Gasteiger partial charge in [0.2, 0.25) is 0 Å². The average Bonchev–Trinajstić information content (AvgIpc) is 3.28. The van der Waals surface area contributed by atoms with Crippen molar-refractivity contribution in [1.29, 1.82) is 5.26 Å². The molecule has 0 radical (unpaired) electrons. The summed E-state index contributed by atoms with van der Waals surface area (Å²) in [6, 6.07) is 32.4. The second-order valence-electron chi connectivity index (χ2n) is 7.23. The van der Waals surface area contributed by atoms with E-state index in [9.17, 15) is 4.79 Å². The van der Waals surface area contributed by atoms with Gasteiger partial charge in [-0.25, -0.2) is 4.79 Å². The summed E-state index contributed by atoms with van der Waals surface area (Å²) < 4.78 is 0. The SMILES string of the molecule is Cc1ccc(N(c2ccccc2)c2ccc(-c3ccc(/C=C(/C#N)C(=O)O)s3)cc2)cc1. The van der Waals surface area contributed by atoms with E-state index in [1.807, 2.05) is 30.3 Å². The molecule has 3 aromatic carbocycles. The lowest BCUT2D eigenvalue weighted by Crippen LogP contribution is -2.09. The molecule has 0 fully saturated rings. The summed E-state index contributed by atoms with van der Waals surface area (Å²) >= 11 is 1.45. The number of thiophene rings is 1. The second kappa shape index (κ2) is 9.34. The summed E-state index contributed by atoms with van der Waals surface area (Å²) in [4.78, 5) is 15.0. The number of carboxylic acid groups (broad SMARTS) is 1. The van der Waals surface area contributed by atoms with Gasteiger partial charge < -0.3 is 10.0 Å². The predicted octanol–water partition coefficient (Wildman–Crippen LogP) is 7.18. The minimum absolute atomic E-state index is 0.273. The van der Waals surface area contributed by atoms with Gasteiger partial charge in [0.15, 0.2) is 0 Å². The topological polar surface area (TPSA) is 64.3 Å². The fourth-order valence-electron chi connectivity index (χ4n) is 3.36. The van der Waals surface area contributed by atoms with Gasteiger partial charge in [-0.05, 0) is 67.1 Å². The number of hydrogen-bond acceptors (Lipinski definition) is 4. The van der Waals surface area contributed by atoms with Crippen LogP contribution in [0.15, 0.2) is 96.6 Å². The molecule has 0 aliphatic carbocycles. The molecule has 4 aromatic rings. The van der Waals surface area contributed by atoms with Crippen LogP contribution in [0.3, 0.4) is 0 Å². The van der Waals surface area contributed by atoms with Crippen LogP contribution in [-0.2, 0) is 4.79 Å². The highest BCUT2D eigenvalue weighted by Gasteiger charge is 2.13. The number of hydrogen-bond donors (Lipinski definition) is 1. The maximum absolute atomic E-state index is 11.1. The summed E-state index contributed by atoms with van der Waals surface area (Å²) in [5, 5.41) is 18.0. The van der Waals surface area contributed by atoms with E-state index >= 15 is 0 Å². The molecule has 0 atom stereocenters. The smallest absolute Gasteiger partial charge is 0.346 e. The van der Waals surface area contributed by atoms with E-state index in [0.717, 1.165) is 32.4 Å². The molecule has 1 aromatic heterocycles. The van der Waals surface area contributed by atoms with Crippen LogP contribution in [0, 0.1) is 18.3 Å². The fourth-order valence-corrected chi connectivity index (χ4v) is 4.32. The van der Waals surface area contributed by atoms with Crippen molar-refractivity contribution in [2.45, 2.75) is 6.92 Å². The first-order valence-electron chi connectivity index (χ1n) is 10.0. The number of aliphatic carboxylic acids is 1. The second-order valence-corrected chi connectivity index (χ2v) is 8.35. The molecule has 0 aliphatic rings. The molecule has 1 heterocycles. The van der Waals surface area contributed by atoms with Crippen LogP contribution < -0.4 is 4.90 Å². The molecule has 5 heteroatoms. The van der Waals surface area contributed by atoms with Crippen LogP contribution in [0.2, 0.25) is 0 Å². The zero-order chi connectivity index (χ0) is 22.5. The number of anilines is 3. The van der Waals surface area contributed by atoms with Gasteiger partial charge in [-0.3, -0.25) is 0 Å². The van der Waals surface area contributed by atoms with Crippen molar-refractivity contribution in [2.75, 3.05) is 4.90 Å². The van der Waals surface area contributed by atoms with Crippen LogP contribution in [0.4, 0.5) is 17.1 Å². The standard InChI is InChI=1S/C27H20N2O2S/c1-19-7-11-23(12-8-19)29(22-5-3-2-4-6-22)24-13-9-20(10-14-24)26-16-15-25(32-26)17-21(18-28)27(30)31/h2-17H,1H3,(H,30,31)/b21-17-. The quantitative estimate of drug-likeness (QED) is 0.257. The van der Waals surface area contributed by atoms with Crippen molar-refractivity contribution < 1.29 is 9.90 Å². The molecule has 0 saturated carbocycles. The fraction of sp³-hybridized carbons (Fsp3) is 0.0370. The van der Waals surface area contributed by atoms with Gasteiger partial charge in [0.05, 0.1) is 0 Å². The van der Waals surface area contributed by atoms with Gasteiger partial charge in [0.25, 0.3) is 0 Å². The number of benzene rings is 3. The zero-order valence-corrected chi connectivity index (χ0v) is 18.2. The van der Waals surface area contributed by atoms with Gasteiger partial charge in [-0.1, -0.05) is 48.0 Å². The molecule has 4 rings (SSSR count). The van der Waals surface area contributed by atoms with Gasteiger partial charge in [-0.2, -0.15) is 5.26 Å². The summed E-state index contributed by atoms with van der Waals surface area (Å²) in [7, 11) is 0. The van der Waals surface area contributed by atoms with Gasteiger partial charge >= 0.3 is 5.97 Å². The molecule has 0 bridgehead atoms. The van der Waals surface area contributed by atoms with E-state index in [0.29, 0.717) is 0 Å². The van der Waals surface area contributed by atoms with E-state index in [1.54, 1.807) is 6.07 Å². The molecule has 4 nitrogen and oxygen atoms in total. The van der Waals surface area contributed by atoms with Gasteiger partial charge in [-0.15, -0.1) is 11.3 Å². The van der Waals surface area contributed by atoms with Crippen LogP contribution in [0.25, 0.3) is 16.5 Å². The highest BCUT2D eigenvalue weighted by molar-refractivity contribution is 7.16. The van der Waals surface area contributed by atoms with Crippen molar-refractivity contribution >= 4 is 40.4 Å². The lowest BCUT2D eigenvalue weighted by molar-refractivity contribution is -0.132. The Morgan fingerprint density at radius 2 is 1.47 bits per heavy atom. The number of rotatable bonds is 6. The van der Waals surface area contributed by atoms with Crippen molar-refractivity contribution in [2.24, 2.45) is 0 Å². The number of aryl methyl sites for hydroxylation is 1. The van der Waals surface area contributed by atoms with Gasteiger partial charge in [0.1, 0.15) is 11.6 Å². The number of carboxylic acids is 1. The number of para-hydroxylation sites is 1. The molecule has 0 amide bonds. The lowest BCUT2D eigenvalue weighted by atomic mass is 10.1. The molecule has 0 spiro atoms. The molecule has 32 heavy (non-hydrogen) atoms. The Morgan fingerprint density at radius 3 is 2.06 bits per heavy atom. The highest BCUT2D eigenvalue weighted by atomic mass is 32.1. The molecular weight excluding hydrogens is 416 g/mol. The van der Waals surface area contributed by atoms with Crippen molar-refractivity contribution in [3.05, 3.63) is 107 Å². The zero-order valence-electron chi connectivity index (χ0n) is 17.4. The first-order valence-corrected chi connectivity index (χ1v) is 10.8. The highest BCUT2D eigenvalue weighted by Crippen LogP contribution is 2.36. The van der Waals surface area contributed by atoms with Gasteiger partial charge in [0, 0.05) is 26.8 Å². The van der Waals surface area contributed by atoms with E-state index in [4.69, 9.17) is 10.4 Å². The largest absolute Gasteiger partial charge is 0.477 e. The Hall–Kier alpha value is -4.14. The molecule has 0 saturated heterocycles. The Kier molecular flexibility index (Phi) is 6.16. The monoisotopic (exact) mass is 436 g/mol. The van der Waals surface area contributed by atoms with Crippen molar-refractivity contribution in [3.8, 4) is 16.5 Å². The van der Waals surface area contributed by atoms with Crippen LogP contribution in [-0.4, -0.2) is 11.1 Å². The average molecular weight is 437 g/mol. The molecule has 0 aliphatic heterocycles. The van der Waals surface area contributed by atoms with E-state index in [1.165, 1.54) is 23.0 Å². The molecule has 0 unspecified atom stereocenters. The molecule has 156 valence electrons. The molecular formula is C27H20N2O2S. The normalized spacial score (nSPS) is 11.1. The lowest BCUT2D eigenvalue weighted by Gasteiger charge is -2.25. The van der Waals surface area contributed by atoms with Crippen LogP contribution in [0.5, 0.6) is 0 Å². The number of nitriles is 1. The van der Waals surface area contributed by atoms with Crippen LogP contribution >= 0.6 is 11.3 Å². The van der Waals surface area contributed by atoms with E-state index in [-0.39, 0.29) is 5.57 Å². The number of carbonyl (C=O) groups is 1. The summed E-state index contributed by atoms with van der Waals surface area (Å²) in [5.41, 5.74) is 5.16. The Balaban J connectivity index is 1.67. The maximum atomic E-state index is 11.1. The Labute approximate surface area is 190 Å². The third kappa shape index (κ3) is 4.61. The Bertz CT molecular complexity index is 1300. The maximum Gasteiger partial charge on any atom is 0.346 e. The minimum Gasteiger partial charge on any atom is -0.477 e. The Morgan fingerprint density at radius 1 is 0.875 bits per heavy atom. The summed E-state index contributed by atoms with van der Waals surface area (Å²) in [6.45, 7) is 2.08. The number of nitrogens with zero attached hydrogens (tertiary/aromatic N) is 2. The third-order valence-corrected chi connectivity index (χ3v) is 6.06. The van der Waals surface area contributed by atoms with E-state index in [2.05, 4.69) is 72.5 Å². The minimum atomic E-state index is -1.22. The molecule has 1 N–H and O–H groups in total. The van der Waals surface area contributed by atoms with Crippen LogP contribution in [0.1, 0.15) is 10.4 Å². The first kappa shape index (κ1) is 21.1. The summed E-state index contributed by atoms with van der Waals surface area (Å²) in [5.74, 6) is -1.22. The van der Waals surface area contributed by atoms with Crippen molar-refractivity contribution in [3.63, 3.8) is 0 Å². The van der Waals surface area contributed by atoms with Crippen molar-refractivity contribution in [1.82, 2.24) is 0 Å². The first-order chi connectivity index (χ1) is 15.5. The van der Waals surface area contributed by atoms with E-state index < -0.39 is 5.97 Å². The summed E-state index contributed by atoms with van der Waals surface area (Å²) in [6.07, 6.45) is 1.40. The third-order valence-electron chi connectivity index (χ3n) is 4.98.